The number of methoxy groups -OCH3 is 1. The zero-order chi connectivity index (χ0) is 20.2. The summed E-state index contributed by atoms with van der Waals surface area (Å²) >= 11 is 1.41. The molecule has 3 aromatic rings. The van der Waals surface area contributed by atoms with Gasteiger partial charge in [0, 0.05) is 30.8 Å². The van der Waals surface area contributed by atoms with Gasteiger partial charge in [-0.1, -0.05) is 11.3 Å². The molecule has 1 fully saturated rings. The van der Waals surface area contributed by atoms with Crippen LogP contribution in [0.2, 0.25) is 0 Å². The highest BCUT2D eigenvalue weighted by Gasteiger charge is 2.26. The molecule has 4 rings (SSSR count). The van der Waals surface area contributed by atoms with E-state index in [0.717, 1.165) is 36.5 Å². The summed E-state index contributed by atoms with van der Waals surface area (Å²) in [6.45, 7) is 1.87. The molecule has 0 saturated heterocycles. The van der Waals surface area contributed by atoms with Crippen LogP contribution in [-0.2, 0) is 0 Å². The van der Waals surface area contributed by atoms with Gasteiger partial charge in [-0.15, -0.1) is 0 Å². The number of nitrogens with zero attached hydrogens (tertiary/aromatic N) is 4. The molecule has 0 radical (unpaired) electrons. The number of aryl methyl sites for hydroxylation is 1. The number of hydrogen-bond donors (Lipinski definition) is 1. The molecule has 0 spiro atoms. The maximum absolute atomic E-state index is 12.8. The molecule has 29 heavy (non-hydrogen) atoms. The van der Waals surface area contributed by atoms with Crippen molar-refractivity contribution in [2.24, 2.45) is 0 Å². The Bertz CT molecular complexity index is 964. The van der Waals surface area contributed by atoms with Gasteiger partial charge < -0.3 is 19.4 Å². The molecular weight excluding hydrogens is 390 g/mol. The second kappa shape index (κ2) is 8.60. The Hall–Kier alpha value is -2.94. The summed E-state index contributed by atoms with van der Waals surface area (Å²) in [5.74, 6) is 0.751. The molecule has 1 N–H and O–H groups in total. The van der Waals surface area contributed by atoms with Crippen molar-refractivity contribution in [3.63, 3.8) is 0 Å². The minimum absolute atomic E-state index is 0.0410. The fraction of sp³-hybridized carbons (Fsp3) is 0.400. The predicted molar refractivity (Wildman–Crippen MR) is 109 cm³/mol. The zero-order valence-electron chi connectivity index (χ0n) is 16.4. The summed E-state index contributed by atoms with van der Waals surface area (Å²) in [5.41, 5.74) is 0.753. The number of aromatic nitrogens is 4. The molecule has 152 valence electrons. The molecule has 3 aromatic heterocycles. The standard InChI is InChI=1S/C20H23N5O3S/c1-13-16(29-20(23-13)25-11-3-4-12-25)17(26)24-14-5-7-15(8-6-14)28-19-18(27-2)21-9-10-22-19/h3-4,9-12,14-15H,5-8H2,1-2H3,(H,24,26). The second-order valence-corrected chi connectivity index (χ2v) is 7.91. The van der Waals surface area contributed by atoms with Crippen LogP contribution in [0.3, 0.4) is 0 Å². The Balaban J connectivity index is 1.32. The lowest BCUT2D eigenvalue weighted by atomic mass is 9.93. The van der Waals surface area contributed by atoms with Gasteiger partial charge >= 0.3 is 0 Å². The normalized spacial score (nSPS) is 19.0. The van der Waals surface area contributed by atoms with Crippen molar-refractivity contribution in [3.8, 4) is 16.9 Å². The van der Waals surface area contributed by atoms with Crippen LogP contribution >= 0.6 is 11.3 Å². The quantitative estimate of drug-likeness (QED) is 0.667. The topological polar surface area (TPSA) is 91.2 Å². The molecule has 0 aromatic carbocycles. The minimum atomic E-state index is -0.0571. The summed E-state index contributed by atoms with van der Waals surface area (Å²) in [6, 6.07) is 4.00. The first-order valence-electron chi connectivity index (χ1n) is 9.57. The molecular formula is C20H23N5O3S. The fourth-order valence-corrected chi connectivity index (χ4v) is 4.37. The first-order chi connectivity index (χ1) is 14.1. The van der Waals surface area contributed by atoms with Crippen LogP contribution in [0.4, 0.5) is 0 Å². The summed E-state index contributed by atoms with van der Waals surface area (Å²) < 4.78 is 13.1. The van der Waals surface area contributed by atoms with Gasteiger partial charge in [0.2, 0.25) is 0 Å². The number of nitrogens with one attached hydrogen (secondary N) is 1. The van der Waals surface area contributed by atoms with Gasteiger partial charge in [-0.3, -0.25) is 4.79 Å². The Morgan fingerprint density at radius 1 is 1.14 bits per heavy atom. The van der Waals surface area contributed by atoms with E-state index in [1.54, 1.807) is 19.5 Å². The first-order valence-corrected chi connectivity index (χ1v) is 10.4. The molecule has 1 aliphatic carbocycles. The van der Waals surface area contributed by atoms with Crippen LogP contribution in [-0.4, -0.2) is 44.7 Å². The average molecular weight is 414 g/mol. The van der Waals surface area contributed by atoms with Crippen LogP contribution in [0.15, 0.2) is 36.9 Å². The Labute approximate surface area is 172 Å². The summed E-state index contributed by atoms with van der Waals surface area (Å²) in [6.07, 6.45) is 10.4. The molecule has 1 amide bonds. The third-order valence-electron chi connectivity index (χ3n) is 4.93. The van der Waals surface area contributed by atoms with Gasteiger partial charge in [-0.05, 0) is 44.7 Å². The third-order valence-corrected chi connectivity index (χ3v) is 6.10. The van der Waals surface area contributed by atoms with E-state index in [0.29, 0.717) is 16.6 Å². The molecule has 3 heterocycles. The van der Waals surface area contributed by atoms with Crippen molar-refractivity contribution in [2.45, 2.75) is 44.8 Å². The van der Waals surface area contributed by atoms with Gasteiger partial charge in [-0.25, -0.2) is 15.0 Å². The largest absolute Gasteiger partial charge is 0.477 e. The predicted octanol–water partition coefficient (Wildman–Crippen LogP) is 3.16. The van der Waals surface area contributed by atoms with Crippen LogP contribution in [0.25, 0.3) is 5.13 Å². The van der Waals surface area contributed by atoms with E-state index in [1.807, 2.05) is 36.0 Å². The van der Waals surface area contributed by atoms with Crippen molar-refractivity contribution in [1.29, 1.82) is 0 Å². The van der Waals surface area contributed by atoms with E-state index in [4.69, 9.17) is 9.47 Å². The molecule has 0 bridgehead atoms. The van der Waals surface area contributed by atoms with E-state index < -0.39 is 0 Å². The number of hydrogen-bond acceptors (Lipinski definition) is 7. The van der Waals surface area contributed by atoms with Crippen molar-refractivity contribution in [1.82, 2.24) is 24.8 Å². The summed E-state index contributed by atoms with van der Waals surface area (Å²) in [5, 5.41) is 3.95. The highest BCUT2D eigenvalue weighted by Crippen LogP contribution is 2.28. The molecule has 0 unspecified atom stereocenters. The molecule has 1 aliphatic rings. The van der Waals surface area contributed by atoms with Crippen LogP contribution in [0.1, 0.15) is 41.0 Å². The van der Waals surface area contributed by atoms with E-state index in [9.17, 15) is 4.79 Å². The lowest BCUT2D eigenvalue weighted by Gasteiger charge is -2.29. The van der Waals surface area contributed by atoms with Crippen LogP contribution in [0, 0.1) is 6.92 Å². The third kappa shape index (κ3) is 4.40. The van der Waals surface area contributed by atoms with E-state index in [2.05, 4.69) is 20.3 Å². The first kappa shape index (κ1) is 19.4. The van der Waals surface area contributed by atoms with E-state index in [-0.39, 0.29) is 18.1 Å². The van der Waals surface area contributed by atoms with Crippen LogP contribution in [0.5, 0.6) is 11.8 Å². The van der Waals surface area contributed by atoms with Gasteiger partial charge in [0.15, 0.2) is 5.13 Å². The zero-order valence-corrected chi connectivity index (χ0v) is 17.2. The van der Waals surface area contributed by atoms with Crippen molar-refractivity contribution in [3.05, 3.63) is 47.5 Å². The molecule has 8 nitrogen and oxygen atoms in total. The number of carbonyl (C=O) groups excluding carboxylic acids is 1. The highest BCUT2D eigenvalue weighted by molar-refractivity contribution is 7.16. The summed E-state index contributed by atoms with van der Waals surface area (Å²) in [4.78, 5) is 26.2. The molecule has 1 saturated carbocycles. The molecule has 0 aliphatic heterocycles. The minimum Gasteiger partial charge on any atom is -0.477 e. The Morgan fingerprint density at radius 3 is 2.52 bits per heavy atom. The Morgan fingerprint density at radius 2 is 1.83 bits per heavy atom. The van der Waals surface area contributed by atoms with Crippen molar-refractivity contribution in [2.75, 3.05) is 7.11 Å². The smallest absolute Gasteiger partial charge is 0.278 e. The lowest BCUT2D eigenvalue weighted by molar-refractivity contribution is 0.0889. The van der Waals surface area contributed by atoms with Gasteiger partial charge in [0.1, 0.15) is 11.0 Å². The van der Waals surface area contributed by atoms with E-state index >= 15 is 0 Å². The van der Waals surface area contributed by atoms with Crippen molar-refractivity contribution < 1.29 is 14.3 Å². The van der Waals surface area contributed by atoms with E-state index in [1.165, 1.54) is 11.3 Å². The number of rotatable bonds is 6. The second-order valence-electron chi connectivity index (χ2n) is 6.94. The number of ether oxygens (including phenoxy) is 2. The van der Waals surface area contributed by atoms with Gasteiger partial charge in [0.05, 0.1) is 12.8 Å². The van der Waals surface area contributed by atoms with Crippen molar-refractivity contribution >= 4 is 17.2 Å². The number of amides is 1. The molecule has 0 atom stereocenters. The average Bonchev–Trinajstić information content (AvgIpc) is 3.39. The number of carbonyl (C=O) groups is 1. The maximum Gasteiger partial charge on any atom is 0.278 e. The monoisotopic (exact) mass is 413 g/mol. The van der Waals surface area contributed by atoms with Gasteiger partial charge in [0.25, 0.3) is 17.7 Å². The van der Waals surface area contributed by atoms with Gasteiger partial charge in [-0.2, -0.15) is 0 Å². The SMILES string of the molecule is COc1nccnc1OC1CCC(NC(=O)c2sc(-n3cccc3)nc2C)CC1. The Kier molecular flexibility index (Phi) is 5.75. The maximum atomic E-state index is 12.8. The highest BCUT2D eigenvalue weighted by atomic mass is 32.1. The lowest BCUT2D eigenvalue weighted by Crippen LogP contribution is -2.39. The fourth-order valence-electron chi connectivity index (χ4n) is 3.43. The molecule has 9 heteroatoms. The van der Waals surface area contributed by atoms with Crippen LogP contribution < -0.4 is 14.8 Å². The summed E-state index contributed by atoms with van der Waals surface area (Å²) in [7, 11) is 1.55. The number of thiazole rings is 1.